The lowest BCUT2D eigenvalue weighted by Crippen LogP contribution is -2.28. The molecule has 0 aromatic heterocycles. The second-order valence-corrected chi connectivity index (χ2v) is 4.90. The fourth-order valence-electron chi connectivity index (χ4n) is 2.23. The number of rotatable bonds is 3. The van der Waals surface area contributed by atoms with Gasteiger partial charge in [-0.1, -0.05) is 12.1 Å². The number of carbonyl (C=O) groups is 1. The minimum atomic E-state index is 0.287. The lowest BCUT2D eigenvalue weighted by Gasteiger charge is -2.26. The smallest absolute Gasteiger partial charge is 0.140 e. The molecule has 1 N–H and O–H groups in total. The van der Waals surface area contributed by atoms with Crippen molar-refractivity contribution in [1.29, 1.82) is 0 Å². The molecule has 19 heavy (non-hydrogen) atoms. The van der Waals surface area contributed by atoms with E-state index >= 15 is 0 Å². The summed E-state index contributed by atoms with van der Waals surface area (Å²) in [5.74, 6) is 0.574. The highest BCUT2D eigenvalue weighted by atomic mass is 16.3. The topological polar surface area (TPSA) is 40.5 Å². The van der Waals surface area contributed by atoms with Crippen molar-refractivity contribution in [2.75, 3.05) is 13.6 Å². The first-order valence-corrected chi connectivity index (χ1v) is 6.46. The Hall–Kier alpha value is -2.03. The molecule has 0 spiro atoms. The second-order valence-electron chi connectivity index (χ2n) is 4.90. The number of aromatic hydroxyl groups is 1. The quantitative estimate of drug-likeness (QED) is 0.846. The average Bonchev–Trinajstić information content (AvgIpc) is 2.38. The van der Waals surface area contributed by atoms with Crippen molar-refractivity contribution in [3.63, 3.8) is 0 Å². The van der Waals surface area contributed by atoms with Crippen LogP contribution in [-0.4, -0.2) is 29.4 Å². The third kappa shape index (κ3) is 3.25. The average molecular weight is 257 g/mol. The van der Waals surface area contributed by atoms with Gasteiger partial charge in [0.05, 0.1) is 0 Å². The van der Waals surface area contributed by atoms with Crippen LogP contribution in [0.4, 0.5) is 0 Å². The standard InChI is InChI=1S/C16H19NO2/c1-3-4-13-9-12(5-6-16(13)19)10-14-11-15(18)7-8-17(14)2/h3,5-6,9-10,19H,1,4,7-8,11H2,2H3. The number of nitrogens with zero attached hydrogens (tertiary/aromatic N) is 1. The van der Waals surface area contributed by atoms with Gasteiger partial charge in [0.2, 0.25) is 0 Å². The lowest BCUT2D eigenvalue weighted by molar-refractivity contribution is -0.120. The fourth-order valence-corrected chi connectivity index (χ4v) is 2.23. The normalized spacial score (nSPS) is 17.8. The molecule has 0 bridgehead atoms. The van der Waals surface area contributed by atoms with Gasteiger partial charge in [0.15, 0.2) is 0 Å². The number of phenolic OH excluding ortho intramolecular Hbond substituents is 1. The van der Waals surface area contributed by atoms with Crippen LogP contribution in [0.15, 0.2) is 36.6 Å². The van der Waals surface area contributed by atoms with Crippen molar-refractivity contribution in [3.05, 3.63) is 47.7 Å². The van der Waals surface area contributed by atoms with Crippen LogP contribution in [0.5, 0.6) is 5.75 Å². The third-order valence-corrected chi connectivity index (χ3v) is 3.40. The summed E-state index contributed by atoms with van der Waals surface area (Å²) in [4.78, 5) is 13.6. The maximum atomic E-state index is 11.5. The maximum Gasteiger partial charge on any atom is 0.140 e. The molecule has 1 saturated heterocycles. The molecule has 1 aromatic carbocycles. The number of hydrogen-bond donors (Lipinski definition) is 1. The number of Topliss-reactive ketones (excluding diaryl/α,β-unsaturated/α-hetero) is 1. The van der Waals surface area contributed by atoms with Crippen LogP contribution in [-0.2, 0) is 11.2 Å². The Labute approximate surface area is 113 Å². The molecule has 0 unspecified atom stereocenters. The van der Waals surface area contributed by atoms with Crippen molar-refractivity contribution >= 4 is 11.9 Å². The molecule has 0 amide bonds. The molecule has 2 rings (SSSR count). The van der Waals surface area contributed by atoms with E-state index in [4.69, 9.17) is 0 Å². The molecule has 1 heterocycles. The van der Waals surface area contributed by atoms with E-state index in [2.05, 4.69) is 11.5 Å². The van der Waals surface area contributed by atoms with Gasteiger partial charge in [-0.25, -0.2) is 0 Å². The Morgan fingerprint density at radius 2 is 2.26 bits per heavy atom. The highest BCUT2D eigenvalue weighted by Crippen LogP contribution is 2.23. The first-order chi connectivity index (χ1) is 9.10. The number of likely N-dealkylation sites (tertiary alicyclic amines) is 1. The van der Waals surface area contributed by atoms with Gasteiger partial charge in [-0.05, 0) is 35.8 Å². The molecule has 1 fully saturated rings. The summed E-state index contributed by atoms with van der Waals surface area (Å²) in [5.41, 5.74) is 2.90. The zero-order chi connectivity index (χ0) is 13.8. The zero-order valence-corrected chi connectivity index (χ0v) is 11.2. The predicted molar refractivity (Wildman–Crippen MR) is 76.9 cm³/mol. The highest BCUT2D eigenvalue weighted by Gasteiger charge is 2.17. The molecule has 100 valence electrons. The van der Waals surface area contributed by atoms with Crippen molar-refractivity contribution in [2.45, 2.75) is 19.3 Å². The van der Waals surface area contributed by atoms with Gasteiger partial charge in [0.25, 0.3) is 0 Å². The van der Waals surface area contributed by atoms with Crippen molar-refractivity contribution in [3.8, 4) is 5.75 Å². The van der Waals surface area contributed by atoms with Gasteiger partial charge in [-0.15, -0.1) is 6.58 Å². The van der Waals surface area contributed by atoms with Gasteiger partial charge in [-0.3, -0.25) is 4.79 Å². The molecular weight excluding hydrogens is 238 g/mol. The van der Waals surface area contributed by atoms with E-state index in [1.165, 1.54) is 0 Å². The lowest BCUT2D eigenvalue weighted by atomic mass is 10.0. The number of hydrogen-bond acceptors (Lipinski definition) is 3. The first-order valence-electron chi connectivity index (χ1n) is 6.46. The minimum absolute atomic E-state index is 0.287. The van der Waals surface area contributed by atoms with Crippen molar-refractivity contribution < 1.29 is 9.90 Å². The summed E-state index contributed by atoms with van der Waals surface area (Å²) in [6.45, 7) is 4.47. The van der Waals surface area contributed by atoms with Gasteiger partial charge in [0, 0.05) is 32.1 Å². The summed E-state index contributed by atoms with van der Waals surface area (Å²) >= 11 is 0. The largest absolute Gasteiger partial charge is 0.508 e. The van der Waals surface area contributed by atoms with E-state index in [1.807, 2.05) is 25.3 Å². The van der Waals surface area contributed by atoms with Gasteiger partial charge >= 0.3 is 0 Å². The van der Waals surface area contributed by atoms with Gasteiger partial charge in [-0.2, -0.15) is 0 Å². The molecule has 3 heteroatoms. The molecule has 3 nitrogen and oxygen atoms in total. The van der Waals surface area contributed by atoms with Crippen LogP contribution in [0.2, 0.25) is 0 Å². The number of piperidine rings is 1. The monoisotopic (exact) mass is 257 g/mol. The minimum Gasteiger partial charge on any atom is -0.508 e. The van der Waals surface area contributed by atoms with Crippen LogP contribution in [0.25, 0.3) is 6.08 Å². The molecule has 0 atom stereocenters. The Morgan fingerprint density at radius 3 is 3.00 bits per heavy atom. The van der Waals surface area contributed by atoms with E-state index in [0.29, 0.717) is 19.3 Å². The van der Waals surface area contributed by atoms with Crippen LogP contribution in [0.1, 0.15) is 24.0 Å². The molecule has 1 aromatic rings. The van der Waals surface area contributed by atoms with Gasteiger partial charge < -0.3 is 10.0 Å². The van der Waals surface area contributed by atoms with E-state index in [1.54, 1.807) is 12.1 Å². The summed E-state index contributed by atoms with van der Waals surface area (Å²) in [5, 5.41) is 9.73. The Balaban J connectivity index is 2.28. The third-order valence-electron chi connectivity index (χ3n) is 3.40. The predicted octanol–water partition coefficient (Wildman–Crippen LogP) is 2.76. The SMILES string of the molecule is C=CCc1cc(C=C2CC(=O)CCN2C)ccc1O. The summed E-state index contributed by atoms with van der Waals surface area (Å²) in [6.07, 6.45) is 5.54. The van der Waals surface area contributed by atoms with Crippen molar-refractivity contribution in [1.82, 2.24) is 4.90 Å². The number of phenols is 1. The Morgan fingerprint density at radius 1 is 1.47 bits per heavy atom. The van der Waals surface area contributed by atoms with Crippen molar-refractivity contribution in [2.24, 2.45) is 0 Å². The summed E-state index contributed by atoms with van der Waals surface area (Å²) in [6, 6.07) is 5.49. The number of carbonyl (C=O) groups excluding carboxylic acids is 1. The summed E-state index contributed by atoms with van der Waals surface area (Å²) < 4.78 is 0. The summed E-state index contributed by atoms with van der Waals surface area (Å²) in [7, 11) is 2.00. The van der Waals surface area contributed by atoms with Crippen LogP contribution in [0.3, 0.4) is 0 Å². The maximum absolute atomic E-state index is 11.5. The number of allylic oxidation sites excluding steroid dienone is 2. The molecule has 0 radical (unpaired) electrons. The highest BCUT2D eigenvalue weighted by molar-refractivity contribution is 5.83. The van der Waals surface area contributed by atoms with E-state index in [-0.39, 0.29) is 11.5 Å². The van der Waals surface area contributed by atoms with Gasteiger partial charge in [0.1, 0.15) is 11.5 Å². The Kier molecular flexibility index (Phi) is 4.05. The van der Waals surface area contributed by atoms with Crippen LogP contribution in [0, 0.1) is 0 Å². The zero-order valence-electron chi connectivity index (χ0n) is 11.2. The molecule has 0 saturated carbocycles. The molecule has 1 aliphatic heterocycles. The molecule has 0 aliphatic carbocycles. The van der Waals surface area contributed by atoms with E-state index in [0.717, 1.165) is 23.4 Å². The second kappa shape index (κ2) is 5.74. The van der Waals surface area contributed by atoms with E-state index in [9.17, 15) is 9.90 Å². The van der Waals surface area contributed by atoms with Crippen LogP contribution < -0.4 is 0 Å². The van der Waals surface area contributed by atoms with Crippen LogP contribution >= 0.6 is 0 Å². The van der Waals surface area contributed by atoms with E-state index < -0.39 is 0 Å². The Bertz CT molecular complexity index is 532. The first kappa shape index (κ1) is 13.4. The fraction of sp³-hybridized carbons (Fsp3) is 0.312. The number of ketones is 1. The number of benzene rings is 1. The molecular formula is C16H19NO2. The molecule has 1 aliphatic rings.